The Morgan fingerprint density at radius 3 is 0.598 bits per heavy atom. The molecule has 0 saturated heterocycles. The second-order valence-corrected chi connectivity index (χ2v) is 30.0. The summed E-state index contributed by atoms with van der Waals surface area (Å²) < 4.78 is 157. The van der Waals surface area contributed by atoms with E-state index in [0.717, 1.165) is 161 Å². The summed E-state index contributed by atoms with van der Waals surface area (Å²) in [6.45, 7) is 9.83. The highest BCUT2D eigenvalue weighted by atomic mass is 32.3. The van der Waals surface area contributed by atoms with Gasteiger partial charge in [-0.3, -0.25) is 13.7 Å². The quantitative estimate of drug-likeness (QED) is 0.0379. The van der Waals surface area contributed by atoms with Crippen molar-refractivity contribution < 1.29 is 76.3 Å². The first-order chi connectivity index (χ1) is 41.8. The fourth-order valence-electron chi connectivity index (χ4n) is 11.2. The van der Waals surface area contributed by atoms with E-state index in [1.54, 1.807) is 0 Å². The molecule has 0 heterocycles. The van der Waals surface area contributed by atoms with E-state index in [0.29, 0.717) is 32.8 Å². The van der Waals surface area contributed by atoms with Crippen molar-refractivity contribution in [2.24, 2.45) is 16.2 Å². The topological polar surface area (TPSA) is 237 Å². The average Bonchev–Trinajstić information content (AvgIpc) is 3.14. The largest absolute Gasteiger partial charge is 0.397 e. The van der Waals surface area contributed by atoms with E-state index in [1.165, 1.54) is 103 Å². The lowest BCUT2D eigenvalue weighted by Crippen LogP contribution is -2.48. The summed E-state index contributed by atoms with van der Waals surface area (Å²) in [7, 11) is -14.3. The molecule has 0 aliphatic rings. The predicted molar refractivity (Wildman–Crippen MR) is 356 cm³/mol. The zero-order chi connectivity index (χ0) is 64.4. The molecule has 20 heteroatoms. The molecule has 0 rings (SSSR count). The van der Waals surface area contributed by atoms with Gasteiger partial charge >= 0.3 is 10.4 Å². The molecule has 0 fully saturated rings. The van der Waals surface area contributed by atoms with Gasteiger partial charge in [0.05, 0.1) is 93.8 Å². The van der Waals surface area contributed by atoms with Crippen LogP contribution in [0.5, 0.6) is 0 Å². The number of rotatable bonds is 72. The molecule has 0 spiro atoms. The minimum Gasteiger partial charge on any atom is -0.381 e. The molecule has 2 atom stereocenters. The van der Waals surface area contributed by atoms with Gasteiger partial charge in [0, 0.05) is 33.0 Å². The van der Waals surface area contributed by atoms with Crippen molar-refractivity contribution in [3.8, 4) is 0 Å². The van der Waals surface area contributed by atoms with Crippen molar-refractivity contribution in [3.05, 3.63) is 0 Å². The first kappa shape index (κ1) is 86.4. The van der Waals surface area contributed by atoms with Crippen molar-refractivity contribution in [1.82, 2.24) is 0 Å². The lowest BCUT2D eigenvalue weighted by molar-refractivity contribution is -0.129. The van der Waals surface area contributed by atoms with Gasteiger partial charge in [-0.1, -0.05) is 272 Å². The first-order valence-corrected chi connectivity index (χ1v) is 40.0. The third kappa shape index (κ3) is 57.8. The maximum Gasteiger partial charge on any atom is 0.397 e. The summed E-state index contributed by atoms with van der Waals surface area (Å²) in [4.78, 5) is 0. The summed E-state index contributed by atoms with van der Waals surface area (Å²) in [5.74, 6) is -1.49. The Morgan fingerprint density at radius 2 is 0.402 bits per heavy atom. The van der Waals surface area contributed by atoms with Crippen LogP contribution in [0.3, 0.4) is 0 Å². The highest BCUT2D eigenvalue weighted by Crippen LogP contribution is 2.30. The third-order valence-corrected chi connectivity index (χ3v) is 18.7. The zero-order valence-electron chi connectivity index (χ0n) is 56.5. The van der Waals surface area contributed by atoms with E-state index in [2.05, 4.69) is 34.6 Å². The molecule has 0 aliphatic carbocycles. The van der Waals surface area contributed by atoms with E-state index in [1.807, 2.05) is 0 Å². The second kappa shape index (κ2) is 58.0. The van der Waals surface area contributed by atoms with E-state index in [-0.39, 0.29) is 66.1 Å². The lowest BCUT2D eigenvalue weighted by atomic mass is 9.90. The van der Waals surface area contributed by atoms with E-state index < -0.39 is 65.0 Å². The van der Waals surface area contributed by atoms with Crippen LogP contribution in [0.25, 0.3) is 0 Å². The van der Waals surface area contributed by atoms with Gasteiger partial charge in [-0.15, -0.1) is 0 Å². The standard InChI is InChI=1S/C67H136O17S3/c1-6-11-16-21-26-28-30-32-34-36-41-46-51-80-58-66(63-85(68,69)70,56-78-49-44-39-24-19-14-9-4)60-82-54-65(62-84-87(74,75)76,53-77-48-43-38-23-18-13-8-3)55-83-61-67(64-86(71,72)73,57-79-50-45-40-25-20-15-10-5)59-81-52-47-42-37-35-33-31-29-27-22-17-12-7-2/h6-64H2,1-5H3,(H,68,69,70)(H,71,72,73)(H,74,75,76). The molecule has 2 unspecified atom stereocenters. The molecule has 87 heavy (non-hydrogen) atoms. The number of hydrogen-bond donors (Lipinski definition) is 3. The van der Waals surface area contributed by atoms with Gasteiger partial charge in [0.15, 0.2) is 0 Å². The Bertz CT molecular complexity index is 1730. The van der Waals surface area contributed by atoms with Crippen LogP contribution in [0.4, 0.5) is 0 Å². The monoisotopic (exact) mass is 1310 g/mol. The van der Waals surface area contributed by atoms with Crippen molar-refractivity contribution in [1.29, 1.82) is 0 Å². The molecule has 0 aliphatic heterocycles. The molecule has 524 valence electrons. The maximum atomic E-state index is 13.0. The summed E-state index contributed by atoms with van der Waals surface area (Å²) >= 11 is 0. The van der Waals surface area contributed by atoms with Gasteiger partial charge in [0.1, 0.15) is 0 Å². The van der Waals surface area contributed by atoms with Crippen LogP contribution in [0, 0.1) is 16.2 Å². The van der Waals surface area contributed by atoms with Gasteiger partial charge in [0.25, 0.3) is 20.2 Å². The molecular formula is C67H136O17S3. The van der Waals surface area contributed by atoms with Crippen molar-refractivity contribution in [2.45, 2.75) is 304 Å². The minimum atomic E-state index is -5.05. The maximum absolute atomic E-state index is 13.0. The van der Waals surface area contributed by atoms with Crippen LogP contribution in [0.15, 0.2) is 0 Å². The molecule has 0 radical (unpaired) electrons. The molecule has 0 bridgehead atoms. The molecule has 3 N–H and O–H groups in total. The Hall–Kier alpha value is -0.590. The van der Waals surface area contributed by atoms with E-state index >= 15 is 0 Å². The third-order valence-electron chi connectivity index (χ3n) is 16.4. The van der Waals surface area contributed by atoms with Crippen LogP contribution >= 0.6 is 0 Å². The predicted octanol–water partition coefficient (Wildman–Crippen LogP) is 17.1. The van der Waals surface area contributed by atoms with Crippen molar-refractivity contribution in [3.63, 3.8) is 0 Å². The number of hydrogen-bond acceptors (Lipinski definition) is 14. The van der Waals surface area contributed by atoms with Gasteiger partial charge in [-0.25, -0.2) is 4.18 Å². The van der Waals surface area contributed by atoms with Gasteiger partial charge < -0.3 is 33.2 Å². The summed E-state index contributed by atoms with van der Waals surface area (Å²) in [5, 5.41) is 0. The summed E-state index contributed by atoms with van der Waals surface area (Å²) in [6, 6.07) is 0. The first-order valence-electron chi connectivity index (χ1n) is 35.4. The Labute approximate surface area is 535 Å². The molecule has 0 saturated carbocycles. The SMILES string of the molecule is CCCCCCCCCCCCCCOCC(COCCCCCCCC)(COCC(COCCCCCCCC)(COCC(COCCCCCCCC)(COCCCCCCCCCCCCCC)CS(=O)(=O)O)COS(=O)(=O)O)CS(=O)(=O)O. The lowest BCUT2D eigenvalue weighted by Gasteiger charge is -2.37. The Kier molecular flexibility index (Phi) is 57.6. The van der Waals surface area contributed by atoms with Crippen molar-refractivity contribution in [2.75, 3.05) is 111 Å². The van der Waals surface area contributed by atoms with Gasteiger partial charge in [-0.05, 0) is 32.1 Å². The Balaban J connectivity index is 6.83. The second-order valence-electron chi connectivity index (χ2n) is 26.0. The van der Waals surface area contributed by atoms with E-state index in [4.69, 9.17) is 37.3 Å². The minimum absolute atomic E-state index is 0.128. The molecule has 0 aromatic rings. The van der Waals surface area contributed by atoms with Crippen LogP contribution in [0.1, 0.15) is 304 Å². The number of unbranched alkanes of at least 4 members (excludes halogenated alkanes) is 37. The van der Waals surface area contributed by atoms with Crippen LogP contribution in [-0.2, 0) is 68.0 Å². The smallest absolute Gasteiger partial charge is 0.381 e. The molecule has 0 aromatic heterocycles. The fourth-order valence-corrected chi connectivity index (χ4v) is 13.6. The summed E-state index contributed by atoms with van der Waals surface area (Å²) in [5.41, 5.74) is -4.34. The van der Waals surface area contributed by atoms with Crippen molar-refractivity contribution >= 4 is 30.6 Å². The highest BCUT2D eigenvalue weighted by molar-refractivity contribution is 7.86. The van der Waals surface area contributed by atoms with Crippen LogP contribution in [0.2, 0.25) is 0 Å². The molecular weight excluding hydrogens is 1170 g/mol. The molecule has 17 nitrogen and oxygen atoms in total. The molecule has 0 amide bonds. The number of ether oxygens (including phenoxy) is 7. The van der Waals surface area contributed by atoms with Crippen LogP contribution in [-0.4, -0.2) is 150 Å². The normalized spacial score (nSPS) is 14.6. The van der Waals surface area contributed by atoms with E-state index in [9.17, 15) is 38.9 Å². The highest BCUT2D eigenvalue weighted by Gasteiger charge is 2.42. The van der Waals surface area contributed by atoms with Gasteiger partial charge in [-0.2, -0.15) is 25.3 Å². The molecule has 0 aromatic carbocycles. The summed E-state index contributed by atoms with van der Waals surface area (Å²) in [6.07, 6.45) is 46.2. The zero-order valence-corrected chi connectivity index (χ0v) is 59.0. The fraction of sp³-hybridized carbons (Fsp3) is 1.00. The van der Waals surface area contributed by atoms with Crippen LogP contribution < -0.4 is 0 Å². The van der Waals surface area contributed by atoms with Gasteiger partial charge in [0.2, 0.25) is 0 Å². The average molecular weight is 1310 g/mol. The Morgan fingerprint density at radius 1 is 0.230 bits per heavy atom.